The van der Waals surface area contributed by atoms with Gasteiger partial charge in [-0.3, -0.25) is 4.79 Å². The van der Waals surface area contributed by atoms with Gasteiger partial charge in [-0.15, -0.1) is 0 Å². The molecule has 2 bridgehead atoms. The molecule has 0 amide bonds. The molecule has 1 unspecified atom stereocenters. The van der Waals surface area contributed by atoms with Crippen molar-refractivity contribution in [1.29, 1.82) is 0 Å². The monoisotopic (exact) mass is 516 g/mol. The van der Waals surface area contributed by atoms with E-state index in [9.17, 15) is 29.4 Å². The molecule has 0 aromatic heterocycles. The van der Waals surface area contributed by atoms with Crippen molar-refractivity contribution < 1.29 is 53.1 Å². The Bertz CT molecular complexity index is 1300. The molecular weight excluding hydrogens is 488 g/mol. The minimum absolute atomic E-state index is 0.0208. The normalized spacial score (nSPS) is 56.2. The Balaban J connectivity index is 1.49. The zero-order valence-electron chi connectivity index (χ0n) is 21.0. The van der Waals surface area contributed by atoms with Crippen molar-refractivity contribution >= 4 is 23.7 Å². The highest BCUT2D eigenvalue weighted by Gasteiger charge is 2.97. The molecule has 11 nitrogen and oxygen atoms in total. The van der Waals surface area contributed by atoms with E-state index in [0.717, 1.165) is 0 Å². The van der Waals surface area contributed by atoms with Gasteiger partial charge in [0.15, 0.2) is 6.10 Å². The molecule has 7 aliphatic rings. The van der Waals surface area contributed by atoms with Crippen LogP contribution in [-0.4, -0.2) is 75.0 Å². The molecule has 5 heterocycles. The largest absolute Gasteiger partial charge is 0.454 e. The number of aliphatic hydroxyl groups is 2. The Labute approximate surface area is 211 Å². The Morgan fingerprint density at radius 3 is 2.35 bits per heavy atom. The molecule has 3 saturated heterocycles. The van der Waals surface area contributed by atoms with Crippen molar-refractivity contribution in [2.45, 2.75) is 88.5 Å². The molecule has 5 aliphatic heterocycles. The van der Waals surface area contributed by atoms with E-state index < -0.39 is 86.9 Å². The van der Waals surface area contributed by atoms with Gasteiger partial charge in [0.25, 0.3) is 0 Å². The highest BCUT2D eigenvalue weighted by molar-refractivity contribution is 6.04. The topological polar surface area (TPSA) is 158 Å². The second-order valence-corrected chi connectivity index (χ2v) is 12.5. The first-order valence-electron chi connectivity index (χ1n) is 12.5. The van der Waals surface area contributed by atoms with Crippen LogP contribution in [0.2, 0.25) is 0 Å². The van der Waals surface area contributed by atoms with Crippen LogP contribution in [0.4, 0.5) is 0 Å². The van der Waals surface area contributed by atoms with Crippen molar-refractivity contribution in [1.82, 2.24) is 0 Å². The number of epoxide rings is 1. The first-order valence-corrected chi connectivity index (χ1v) is 12.5. The van der Waals surface area contributed by atoms with E-state index in [-0.39, 0.29) is 5.57 Å². The van der Waals surface area contributed by atoms with Crippen LogP contribution in [0, 0.1) is 22.2 Å². The smallest absolute Gasteiger partial charge is 0.340 e. The number of esters is 3. The maximum absolute atomic E-state index is 14.4. The molecule has 2 aliphatic carbocycles. The summed E-state index contributed by atoms with van der Waals surface area (Å²) in [5, 5.41) is 22.2. The van der Waals surface area contributed by atoms with Crippen LogP contribution in [0.1, 0.15) is 47.5 Å². The highest BCUT2D eigenvalue weighted by Crippen LogP contribution is 2.82. The first-order chi connectivity index (χ1) is 17.1. The number of ketones is 1. The summed E-state index contributed by atoms with van der Waals surface area (Å²) in [5.41, 5.74) is -8.50. The number of rotatable bonds is 1. The predicted octanol–water partition coefficient (Wildman–Crippen LogP) is 0.212. The molecule has 7 rings (SSSR count). The second kappa shape index (κ2) is 6.01. The van der Waals surface area contributed by atoms with Gasteiger partial charge in [-0.1, -0.05) is 26.8 Å². The van der Waals surface area contributed by atoms with E-state index in [0.29, 0.717) is 12.8 Å². The molecule has 0 aromatic carbocycles. The van der Waals surface area contributed by atoms with Crippen molar-refractivity contribution in [3.63, 3.8) is 0 Å². The van der Waals surface area contributed by atoms with E-state index >= 15 is 0 Å². The van der Waals surface area contributed by atoms with Crippen molar-refractivity contribution in [3.8, 4) is 0 Å². The van der Waals surface area contributed by atoms with Gasteiger partial charge in [0.05, 0.1) is 11.0 Å². The number of carbonyl (C=O) groups excluding carboxylic acids is 4. The average molecular weight is 516 g/mol. The SMILES string of the molecule is CC1(C)O[C@]2(O)C(=O)[C@]13OC(=O)C=C[C@]3(C)[C@H]1CC[C@@]3(C)[C@H](C4=CC(O)OC4=O)OC(=O)[C@H]4O[C@]43[C@@]12C. The van der Waals surface area contributed by atoms with Crippen LogP contribution in [-0.2, 0) is 42.9 Å². The predicted molar refractivity (Wildman–Crippen MR) is 118 cm³/mol. The van der Waals surface area contributed by atoms with Gasteiger partial charge in [-0.05, 0) is 38.7 Å². The molecule has 0 radical (unpaired) electrons. The van der Waals surface area contributed by atoms with E-state index in [4.69, 9.17) is 23.7 Å². The number of Topliss-reactive ketones (excluding diaryl/α,β-unsaturated/α-hetero) is 1. The number of hydrogen-bond acceptors (Lipinski definition) is 11. The number of hydrogen-bond donors (Lipinski definition) is 2. The summed E-state index contributed by atoms with van der Waals surface area (Å²) >= 11 is 0. The lowest BCUT2D eigenvalue weighted by molar-refractivity contribution is -0.315. The fourth-order valence-corrected chi connectivity index (χ4v) is 9.44. The van der Waals surface area contributed by atoms with Crippen LogP contribution >= 0.6 is 0 Å². The molecule has 10 atom stereocenters. The van der Waals surface area contributed by atoms with E-state index in [1.54, 1.807) is 33.8 Å². The molecule has 11 heteroatoms. The molecule has 2 spiro atoms. The maximum atomic E-state index is 14.4. The van der Waals surface area contributed by atoms with Crippen molar-refractivity contribution in [2.75, 3.05) is 0 Å². The summed E-state index contributed by atoms with van der Waals surface area (Å²) in [6.45, 7) is 8.50. The number of fused-ring (bicyclic) bond motifs is 4. The molecule has 2 N–H and O–H groups in total. The van der Waals surface area contributed by atoms with Crippen LogP contribution in [0.15, 0.2) is 23.8 Å². The second-order valence-electron chi connectivity index (χ2n) is 12.5. The fourth-order valence-electron chi connectivity index (χ4n) is 9.44. The third kappa shape index (κ3) is 2.00. The van der Waals surface area contributed by atoms with Crippen LogP contribution in [0.3, 0.4) is 0 Å². The summed E-state index contributed by atoms with van der Waals surface area (Å²) < 4.78 is 28.9. The number of ether oxygens (including phenoxy) is 5. The third-order valence-corrected chi connectivity index (χ3v) is 10.9. The molecule has 0 aromatic rings. The Morgan fingerprint density at radius 2 is 1.70 bits per heavy atom. The first kappa shape index (κ1) is 23.5. The molecule has 2 saturated carbocycles. The molecular formula is C26H28O11. The zero-order chi connectivity index (χ0) is 26.8. The Morgan fingerprint density at radius 1 is 1.00 bits per heavy atom. The minimum atomic E-state index is -2.49. The lowest BCUT2D eigenvalue weighted by Crippen LogP contribution is -2.81. The van der Waals surface area contributed by atoms with Gasteiger partial charge in [-0.2, -0.15) is 0 Å². The number of aliphatic hydroxyl groups excluding tert-OH is 1. The lowest BCUT2D eigenvalue weighted by Gasteiger charge is -2.67. The number of carbonyl (C=O) groups is 4. The van der Waals surface area contributed by atoms with Crippen molar-refractivity contribution in [3.05, 3.63) is 23.8 Å². The standard InChI is InChI=1S/C26H28O11/c1-20(2)25-19(31)26(32,37-20)23(5)12(21(25,3)9-7-13(27)35-25)6-8-22(4)15(11-10-14(28)33-17(11)29)34-18(30)16-24(22,23)36-16/h7,9-10,12,14-16,28,32H,6,8H2,1-5H3/t12-,14?,15+,16-,21-,22+,23-,24-,25+,26-/m1/s1. The van der Waals surface area contributed by atoms with Crippen LogP contribution in [0.25, 0.3) is 0 Å². The molecule has 198 valence electrons. The summed E-state index contributed by atoms with van der Waals surface area (Å²) in [4.78, 5) is 52.7. The summed E-state index contributed by atoms with van der Waals surface area (Å²) in [5.74, 6) is -6.12. The lowest BCUT2D eigenvalue weighted by atomic mass is 9.36. The molecule has 37 heavy (non-hydrogen) atoms. The Hall–Kier alpha value is -2.60. The van der Waals surface area contributed by atoms with Gasteiger partial charge in [0.2, 0.25) is 23.5 Å². The van der Waals surface area contributed by atoms with E-state index in [2.05, 4.69) is 0 Å². The summed E-state index contributed by atoms with van der Waals surface area (Å²) in [6.07, 6.45) is 1.13. The fraction of sp³-hybridized carbons (Fsp3) is 0.692. The van der Waals surface area contributed by atoms with Crippen LogP contribution in [0.5, 0.6) is 0 Å². The van der Waals surface area contributed by atoms with Gasteiger partial charge in [0, 0.05) is 16.9 Å². The average Bonchev–Trinajstić information content (AvgIpc) is 3.47. The van der Waals surface area contributed by atoms with Gasteiger partial charge in [-0.25, -0.2) is 14.4 Å². The number of cyclic esters (lactones) is 2. The molecule has 5 fully saturated rings. The quantitative estimate of drug-likeness (QED) is 0.279. The maximum Gasteiger partial charge on any atom is 0.340 e. The van der Waals surface area contributed by atoms with Gasteiger partial charge >= 0.3 is 17.9 Å². The van der Waals surface area contributed by atoms with Crippen molar-refractivity contribution in [2.24, 2.45) is 22.2 Å². The van der Waals surface area contributed by atoms with E-state index in [1.165, 1.54) is 12.2 Å². The Kier molecular flexibility index (Phi) is 3.82. The summed E-state index contributed by atoms with van der Waals surface area (Å²) in [6, 6.07) is 0. The minimum Gasteiger partial charge on any atom is -0.454 e. The van der Waals surface area contributed by atoms with Gasteiger partial charge in [0.1, 0.15) is 17.3 Å². The van der Waals surface area contributed by atoms with E-state index in [1.807, 2.05) is 6.92 Å². The third-order valence-electron chi connectivity index (χ3n) is 10.9. The van der Waals surface area contributed by atoms with Gasteiger partial charge < -0.3 is 33.9 Å². The zero-order valence-corrected chi connectivity index (χ0v) is 21.0. The van der Waals surface area contributed by atoms with Crippen LogP contribution < -0.4 is 0 Å². The highest BCUT2D eigenvalue weighted by atomic mass is 16.7. The summed E-state index contributed by atoms with van der Waals surface area (Å²) in [7, 11) is 0.